The molecule has 1 amide bonds. The summed E-state index contributed by atoms with van der Waals surface area (Å²) >= 11 is 0. The van der Waals surface area contributed by atoms with Crippen molar-refractivity contribution >= 4 is 12.0 Å². The molecule has 0 bridgehead atoms. The summed E-state index contributed by atoms with van der Waals surface area (Å²) in [5.74, 6) is -0.174. The van der Waals surface area contributed by atoms with Crippen molar-refractivity contribution in [1.82, 2.24) is 29.6 Å². The van der Waals surface area contributed by atoms with Crippen LogP contribution in [0.1, 0.15) is 16.7 Å². The first-order valence-electron chi connectivity index (χ1n) is 11.3. The number of nitrogens with one attached hydrogen (secondary N) is 1. The molecule has 0 unspecified atom stereocenters. The molecule has 0 saturated carbocycles. The highest BCUT2D eigenvalue weighted by atomic mass is 16.1. The van der Waals surface area contributed by atoms with Crippen LogP contribution in [0.5, 0.6) is 0 Å². The zero-order valence-corrected chi connectivity index (χ0v) is 19.0. The highest BCUT2D eigenvalue weighted by molar-refractivity contribution is 5.92. The number of carbonyl (C=O) groups is 1. The van der Waals surface area contributed by atoms with Gasteiger partial charge in [-0.25, -0.2) is 9.67 Å². The Labute approximate surface area is 203 Å². The van der Waals surface area contributed by atoms with Gasteiger partial charge < -0.3 is 9.88 Å². The Kier molecular flexibility index (Phi) is 6.57. The van der Waals surface area contributed by atoms with E-state index in [-0.39, 0.29) is 5.91 Å². The predicted molar refractivity (Wildman–Crippen MR) is 135 cm³/mol. The van der Waals surface area contributed by atoms with Crippen LogP contribution in [0.3, 0.4) is 0 Å². The van der Waals surface area contributed by atoms with Gasteiger partial charge in [0.15, 0.2) is 0 Å². The fraction of sp³-hybridized carbons (Fsp3) is 0.0714. The molecule has 0 aliphatic rings. The summed E-state index contributed by atoms with van der Waals surface area (Å²) in [6.45, 7) is 1.14. The third-order valence-corrected chi connectivity index (χ3v) is 5.60. The van der Waals surface area contributed by atoms with E-state index in [2.05, 4.69) is 21.4 Å². The van der Waals surface area contributed by atoms with Gasteiger partial charge in [-0.15, -0.1) is 0 Å². The summed E-state index contributed by atoms with van der Waals surface area (Å²) < 4.78 is 3.82. The molecule has 1 N–H and O–H groups in total. The third kappa shape index (κ3) is 5.42. The van der Waals surface area contributed by atoms with E-state index in [1.54, 1.807) is 37.1 Å². The molecule has 0 radical (unpaired) electrons. The average molecular weight is 461 g/mol. The van der Waals surface area contributed by atoms with E-state index in [0.717, 1.165) is 33.6 Å². The molecule has 3 heterocycles. The van der Waals surface area contributed by atoms with Gasteiger partial charge in [-0.1, -0.05) is 42.5 Å². The number of carbonyl (C=O) groups excluding carboxylic acids is 1. The van der Waals surface area contributed by atoms with Crippen LogP contribution >= 0.6 is 0 Å². The average Bonchev–Trinajstić information content (AvgIpc) is 3.58. The summed E-state index contributed by atoms with van der Waals surface area (Å²) in [6, 6.07) is 21.8. The van der Waals surface area contributed by atoms with E-state index in [9.17, 15) is 4.79 Å². The largest absolute Gasteiger partial charge is 0.348 e. The normalized spacial score (nSPS) is 11.1. The van der Waals surface area contributed by atoms with Gasteiger partial charge in [0.1, 0.15) is 5.69 Å². The number of para-hydroxylation sites is 1. The smallest absolute Gasteiger partial charge is 0.244 e. The first-order valence-corrected chi connectivity index (χ1v) is 11.3. The Bertz CT molecular complexity index is 1420. The van der Waals surface area contributed by atoms with Crippen molar-refractivity contribution in [2.45, 2.75) is 13.1 Å². The lowest BCUT2D eigenvalue weighted by atomic mass is 10.1. The van der Waals surface area contributed by atoms with Crippen LogP contribution in [-0.2, 0) is 17.9 Å². The lowest BCUT2D eigenvalue weighted by Gasteiger charge is -2.10. The van der Waals surface area contributed by atoms with E-state index < -0.39 is 0 Å². The summed E-state index contributed by atoms with van der Waals surface area (Å²) in [5, 5.41) is 7.75. The van der Waals surface area contributed by atoms with Crippen LogP contribution in [0.2, 0.25) is 0 Å². The molecular formula is C28H24N6O. The Balaban J connectivity index is 1.33. The summed E-state index contributed by atoms with van der Waals surface area (Å²) in [4.78, 5) is 21.0. The SMILES string of the molecule is O=C(/C=C/c1cn(-c2ccccc2)nc1-c1cccnc1)NCc1ccccc1Cn1ccnc1. The lowest BCUT2D eigenvalue weighted by molar-refractivity contribution is -0.116. The van der Waals surface area contributed by atoms with E-state index in [0.29, 0.717) is 13.1 Å². The van der Waals surface area contributed by atoms with E-state index in [4.69, 9.17) is 5.10 Å². The van der Waals surface area contributed by atoms with Crippen LogP contribution in [0.4, 0.5) is 0 Å². The second kappa shape index (κ2) is 10.4. The number of rotatable bonds is 8. The number of nitrogens with zero attached hydrogens (tertiary/aromatic N) is 5. The van der Waals surface area contributed by atoms with Crippen LogP contribution in [0, 0.1) is 0 Å². The zero-order chi connectivity index (χ0) is 23.9. The maximum absolute atomic E-state index is 12.7. The fourth-order valence-electron chi connectivity index (χ4n) is 3.82. The summed E-state index contributed by atoms with van der Waals surface area (Å²) in [5.41, 5.74) is 5.62. The highest BCUT2D eigenvalue weighted by Gasteiger charge is 2.11. The first-order chi connectivity index (χ1) is 17.3. The van der Waals surface area contributed by atoms with Gasteiger partial charge in [0, 0.05) is 61.3 Å². The number of amides is 1. The molecule has 3 aromatic heterocycles. The number of imidazole rings is 1. The number of aromatic nitrogens is 5. The third-order valence-electron chi connectivity index (χ3n) is 5.60. The topological polar surface area (TPSA) is 77.6 Å². The van der Waals surface area contributed by atoms with Gasteiger partial charge in [0.25, 0.3) is 0 Å². The van der Waals surface area contributed by atoms with Crippen molar-refractivity contribution in [1.29, 1.82) is 0 Å². The molecule has 0 saturated heterocycles. The van der Waals surface area contributed by atoms with E-state index in [1.807, 2.05) is 82.3 Å². The molecule has 0 spiro atoms. The quantitative estimate of drug-likeness (QED) is 0.346. The number of benzene rings is 2. The van der Waals surface area contributed by atoms with E-state index >= 15 is 0 Å². The molecule has 2 aromatic carbocycles. The minimum absolute atomic E-state index is 0.174. The molecular weight excluding hydrogens is 436 g/mol. The molecule has 0 aliphatic carbocycles. The second-order valence-electron chi connectivity index (χ2n) is 8.01. The number of hydrogen-bond donors (Lipinski definition) is 1. The number of hydrogen-bond acceptors (Lipinski definition) is 4. The Morgan fingerprint density at radius 2 is 1.74 bits per heavy atom. The van der Waals surface area contributed by atoms with Crippen molar-refractivity contribution < 1.29 is 4.79 Å². The van der Waals surface area contributed by atoms with Crippen molar-refractivity contribution in [3.05, 3.63) is 127 Å². The van der Waals surface area contributed by atoms with Gasteiger partial charge in [-0.05, 0) is 41.5 Å². The zero-order valence-electron chi connectivity index (χ0n) is 19.0. The molecule has 0 fully saturated rings. The van der Waals surface area contributed by atoms with Gasteiger partial charge in [0.2, 0.25) is 5.91 Å². The van der Waals surface area contributed by atoms with Gasteiger partial charge in [-0.2, -0.15) is 5.10 Å². The lowest BCUT2D eigenvalue weighted by Crippen LogP contribution is -2.21. The van der Waals surface area contributed by atoms with E-state index in [1.165, 1.54) is 0 Å². The van der Waals surface area contributed by atoms with Crippen molar-refractivity contribution in [3.8, 4) is 16.9 Å². The second-order valence-corrected chi connectivity index (χ2v) is 8.01. The highest BCUT2D eigenvalue weighted by Crippen LogP contribution is 2.24. The molecule has 0 aliphatic heterocycles. The molecule has 7 nitrogen and oxygen atoms in total. The Morgan fingerprint density at radius 1 is 0.914 bits per heavy atom. The van der Waals surface area contributed by atoms with Gasteiger partial charge >= 0.3 is 0 Å². The maximum Gasteiger partial charge on any atom is 0.244 e. The van der Waals surface area contributed by atoms with Crippen LogP contribution < -0.4 is 5.32 Å². The Hall–Kier alpha value is -4.78. The van der Waals surface area contributed by atoms with Crippen LogP contribution in [0.25, 0.3) is 23.0 Å². The predicted octanol–water partition coefficient (Wildman–Crippen LogP) is 4.51. The molecule has 7 heteroatoms. The first kappa shape index (κ1) is 22.0. The van der Waals surface area contributed by atoms with Gasteiger partial charge in [0.05, 0.1) is 12.0 Å². The van der Waals surface area contributed by atoms with Crippen LogP contribution in [0.15, 0.2) is 110 Å². The monoisotopic (exact) mass is 460 g/mol. The van der Waals surface area contributed by atoms with Crippen LogP contribution in [-0.4, -0.2) is 30.2 Å². The molecule has 172 valence electrons. The minimum atomic E-state index is -0.174. The molecule has 5 aromatic rings. The maximum atomic E-state index is 12.7. The summed E-state index contributed by atoms with van der Waals surface area (Å²) in [7, 11) is 0. The van der Waals surface area contributed by atoms with Crippen molar-refractivity contribution in [2.75, 3.05) is 0 Å². The Morgan fingerprint density at radius 3 is 2.51 bits per heavy atom. The standard InChI is InChI=1S/C28H24N6O/c35-27(31-18-22-7-4-5-8-24(22)19-33-16-15-30-21-33)13-12-25-20-34(26-10-2-1-3-11-26)32-28(25)23-9-6-14-29-17-23/h1-17,20-21H,18-19H2,(H,31,35)/b13-12+. The van der Waals surface area contributed by atoms with Crippen molar-refractivity contribution in [3.63, 3.8) is 0 Å². The molecule has 0 atom stereocenters. The molecule has 35 heavy (non-hydrogen) atoms. The fourth-order valence-corrected chi connectivity index (χ4v) is 3.82. The van der Waals surface area contributed by atoms with Gasteiger partial charge in [-0.3, -0.25) is 9.78 Å². The minimum Gasteiger partial charge on any atom is -0.348 e. The molecule has 5 rings (SSSR count). The van der Waals surface area contributed by atoms with Crippen molar-refractivity contribution in [2.24, 2.45) is 0 Å². The summed E-state index contributed by atoms with van der Waals surface area (Å²) in [6.07, 6.45) is 14.2. The number of pyridine rings is 1.